The lowest BCUT2D eigenvalue weighted by molar-refractivity contribution is -0.213. The van der Waals surface area contributed by atoms with E-state index in [0.717, 1.165) is 50.4 Å². The Balaban J connectivity index is 1.19. The lowest BCUT2D eigenvalue weighted by Gasteiger charge is -2.58. The van der Waals surface area contributed by atoms with Crippen LogP contribution in [0.1, 0.15) is 105 Å². The second kappa shape index (κ2) is 15.2. The van der Waals surface area contributed by atoms with E-state index in [9.17, 15) is 14.4 Å². The first-order chi connectivity index (χ1) is 22.4. The molecular formula is C39H56O8. The highest BCUT2D eigenvalue weighted by molar-refractivity contribution is 5.69. The monoisotopic (exact) mass is 652 g/mol. The number of hydrogen-bond donors (Lipinski definition) is 0. The van der Waals surface area contributed by atoms with E-state index in [-0.39, 0.29) is 30.7 Å². The highest BCUT2D eigenvalue weighted by atomic mass is 16.7. The molecule has 260 valence electrons. The predicted molar refractivity (Wildman–Crippen MR) is 179 cm³/mol. The summed E-state index contributed by atoms with van der Waals surface area (Å²) in [4.78, 5) is 34.9. The summed E-state index contributed by atoms with van der Waals surface area (Å²) in [6.07, 6.45) is 19.9. The van der Waals surface area contributed by atoms with Crippen LogP contribution in [0.4, 0.5) is 0 Å². The van der Waals surface area contributed by atoms with E-state index in [4.69, 9.17) is 23.7 Å². The minimum Gasteiger partial charge on any atom is -0.463 e. The van der Waals surface area contributed by atoms with E-state index >= 15 is 0 Å². The normalized spacial score (nSPS) is 37.9. The van der Waals surface area contributed by atoms with Gasteiger partial charge in [0.25, 0.3) is 0 Å². The third-order valence-electron chi connectivity index (χ3n) is 12.2. The molecule has 1 heterocycles. The quantitative estimate of drug-likeness (QED) is 0.0922. The van der Waals surface area contributed by atoms with Gasteiger partial charge in [0.1, 0.15) is 25.4 Å². The molecule has 0 aromatic rings. The second-order valence-corrected chi connectivity index (χ2v) is 15.1. The Labute approximate surface area is 281 Å². The van der Waals surface area contributed by atoms with Crippen molar-refractivity contribution in [3.8, 4) is 0 Å². The number of hydrogen-bond acceptors (Lipinski definition) is 8. The molecule has 8 nitrogen and oxygen atoms in total. The van der Waals surface area contributed by atoms with Crippen LogP contribution < -0.4 is 0 Å². The van der Waals surface area contributed by atoms with Crippen molar-refractivity contribution in [2.45, 2.75) is 130 Å². The highest BCUT2D eigenvalue weighted by Crippen LogP contribution is 2.67. The molecule has 0 saturated heterocycles. The molecule has 4 unspecified atom stereocenters. The Kier molecular flexibility index (Phi) is 11.5. The molecule has 3 saturated carbocycles. The first kappa shape index (κ1) is 35.6. The van der Waals surface area contributed by atoms with Gasteiger partial charge in [0.05, 0.1) is 6.10 Å². The summed E-state index contributed by atoms with van der Waals surface area (Å²) in [6.45, 7) is 14.0. The van der Waals surface area contributed by atoms with Crippen LogP contribution in [0.15, 0.2) is 48.1 Å². The van der Waals surface area contributed by atoms with E-state index in [1.165, 1.54) is 45.1 Å². The lowest BCUT2D eigenvalue weighted by Crippen LogP contribution is -2.51. The van der Waals surface area contributed by atoms with Crippen LogP contribution in [0.2, 0.25) is 0 Å². The molecule has 4 aliphatic carbocycles. The average molecular weight is 653 g/mol. The molecule has 5 aliphatic rings. The van der Waals surface area contributed by atoms with E-state index in [2.05, 4.69) is 39.5 Å². The Morgan fingerprint density at radius 1 is 1.00 bits per heavy atom. The van der Waals surface area contributed by atoms with Gasteiger partial charge in [-0.15, -0.1) is 0 Å². The van der Waals surface area contributed by atoms with Gasteiger partial charge in [0, 0.05) is 20.3 Å². The number of carbonyl (C=O) groups excluding carboxylic acids is 3. The van der Waals surface area contributed by atoms with Crippen LogP contribution in [0.5, 0.6) is 0 Å². The van der Waals surface area contributed by atoms with Gasteiger partial charge < -0.3 is 23.7 Å². The molecule has 0 bridgehead atoms. The van der Waals surface area contributed by atoms with Gasteiger partial charge in [0.15, 0.2) is 6.29 Å². The molecule has 0 aromatic heterocycles. The molecule has 0 amide bonds. The van der Waals surface area contributed by atoms with Crippen LogP contribution in [-0.2, 0) is 38.1 Å². The number of carbonyl (C=O) groups is 3. The zero-order valence-electron chi connectivity index (χ0n) is 29.2. The number of fused-ring (bicyclic) bond motifs is 5. The summed E-state index contributed by atoms with van der Waals surface area (Å²) in [5.74, 6) is 1.83. The number of unbranched alkanes of at least 4 members (excludes halogenated alkanes) is 1. The van der Waals surface area contributed by atoms with Crippen molar-refractivity contribution in [3.63, 3.8) is 0 Å². The minimum absolute atomic E-state index is 0.00242. The molecule has 1 aliphatic heterocycles. The second-order valence-electron chi connectivity index (χ2n) is 15.1. The molecule has 47 heavy (non-hydrogen) atoms. The Hall–Kier alpha value is -2.71. The van der Waals surface area contributed by atoms with Crippen molar-refractivity contribution in [2.75, 3.05) is 13.2 Å². The van der Waals surface area contributed by atoms with Crippen LogP contribution in [0.25, 0.3) is 0 Å². The number of esters is 3. The maximum absolute atomic E-state index is 11.9. The zero-order valence-corrected chi connectivity index (χ0v) is 29.2. The van der Waals surface area contributed by atoms with Crippen LogP contribution >= 0.6 is 0 Å². The third kappa shape index (κ3) is 7.96. The molecule has 10 atom stereocenters. The van der Waals surface area contributed by atoms with Crippen LogP contribution in [0, 0.1) is 34.5 Å². The number of rotatable bonds is 12. The fourth-order valence-electron chi connectivity index (χ4n) is 9.96. The topological polar surface area (TPSA) is 97.4 Å². The van der Waals surface area contributed by atoms with Crippen molar-refractivity contribution < 1.29 is 38.1 Å². The Morgan fingerprint density at radius 2 is 1.81 bits per heavy atom. The third-order valence-corrected chi connectivity index (χ3v) is 12.2. The van der Waals surface area contributed by atoms with E-state index in [0.29, 0.717) is 23.7 Å². The van der Waals surface area contributed by atoms with Gasteiger partial charge in [0.2, 0.25) is 0 Å². The van der Waals surface area contributed by atoms with Crippen molar-refractivity contribution in [3.05, 3.63) is 48.1 Å². The van der Waals surface area contributed by atoms with Crippen molar-refractivity contribution in [1.29, 1.82) is 0 Å². The van der Waals surface area contributed by atoms with E-state index < -0.39 is 30.4 Å². The molecule has 5 rings (SSSR count). The van der Waals surface area contributed by atoms with Gasteiger partial charge >= 0.3 is 17.9 Å². The summed E-state index contributed by atoms with van der Waals surface area (Å²) in [5, 5.41) is 0. The Morgan fingerprint density at radius 3 is 2.55 bits per heavy atom. The SMILES string of the molecule is C=CCOC(=O)CCC/C=C(\C)[C@H]1CCC2C3CC=C4C[C@@H](OC5C=C[C@H](OC(C)=O)[C@@H](COC(C)=O)O5)CC[C@]4(C)C3CC[C@@]21C. The summed E-state index contributed by atoms with van der Waals surface area (Å²) < 4.78 is 28.3. The Bertz CT molecular complexity index is 1270. The van der Waals surface area contributed by atoms with Gasteiger partial charge in [-0.25, -0.2) is 0 Å². The van der Waals surface area contributed by atoms with Crippen LogP contribution in [0.3, 0.4) is 0 Å². The molecule has 3 fully saturated rings. The fraction of sp³-hybridized carbons (Fsp3) is 0.718. The molecule has 8 heteroatoms. The molecule has 0 N–H and O–H groups in total. The molecular weight excluding hydrogens is 596 g/mol. The van der Waals surface area contributed by atoms with E-state index in [1.54, 1.807) is 17.7 Å². The van der Waals surface area contributed by atoms with Gasteiger partial charge in [-0.3, -0.25) is 14.4 Å². The molecule has 0 radical (unpaired) electrons. The minimum atomic E-state index is -0.621. The van der Waals surface area contributed by atoms with E-state index in [1.807, 2.05) is 6.08 Å². The first-order valence-electron chi connectivity index (χ1n) is 17.9. The smallest absolute Gasteiger partial charge is 0.306 e. The molecule has 0 aromatic carbocycles. The summed E-state index contributed by atoms with van der Waals surface area (Å²) in [6, 6.07) is 0. The first-order valence-corrected chi connectivity index (χ1v) is 17.9. The largest absolute Gasteiger partial charge is 0.463 e. The van der Waals surface area contributed by atoms with Gasteiger partial charge in [-0.1, -0.05) is 49.8 Å². The number of ether oxygens (including phenoxy) is 5. The van der Waals surface area contributed by atoms with Crippen molar-refractivity contribution >= 4 is 17.9 Å². The standard InChI is InChI=1S/C39H56O8/c1-7-22-43-36(42)11-9-8-10-25(2)31-14-15-32-30-13-12-28-23-29(18-20-38(28,5)33(30)19-21-39(31,32)6)46-37-17-16-34(45-27(4)41)35(47-37)24-44-26(3)40/h7,10,12,16-17,29-35,37H,1,8-9,11,13-15,18-24H2,2-6H3/b25-10+/t29-,30?,31+,32?,33?,34-,35+,37?,38-,39+/m0/s1. The fourth-order valence-corrected chi connectivity index (χ4v) is 9.96. The van der Waals surface area contributed by atoms with Crippen molar-refractivity contribution in [2.24, 2.45) is 34.5 Å². The lowest BCUT2D eigenvalue weighted by atomic mass is 9.47. The van der Waals surface area contributed by atoms with Crippen molar-refractivity contribution in [1.82, 2.24) is 0 Å². The zero-order chi connectivity index (χ0) is 33.8. The summed E-state index contributed by atoms with van der Waals surface area (Å²) in [5.41, 5.74) is 3.60. The average Bonchev–Trinajstić information content (AvgIpc) is 3.39. The molecule has 0 spiro atoms. The highest BCUT2D eigenvalue weighted by Gasteiger charge is 2.58. The maximum atomic E-state index is 11.9. The maximum Gasteiger partial charge on any atom is 0.306 e. The van der Waals surface area contributed by atoms with Gasteiger partial charge in [-0.2, -0.15) is 0 Å². The summed E-state index contributed by atoms with van der Waals surface area (Å²) >= 11 is 0. The number of allylic oxidation sites excluding steroid dienone is 3. The van der Waals surface area contributed by atoms with Crippen LogP contribution in [-0.4, -0.2) is 55.7 Å². The van der Waals surface area contributed by atoms with Gasteiger partial charge in [-0.05, 0) is 118 Å². The summed E-state index contributed by atoms with van der Waals surface area (Å²) in [7, 11) is 0. The predicted octanol–water partition coefficient (Wildman–Crippen LogP) is 7.57.